The van der Waals surface area contributed by atoms with Crippen molar-refractivity contribution in [1.82, 2.24) is 19.3 Å². The van der Waals surface area contributed by atoms with Crippen molar-refractivity contribution in [1.29, 1.82) is 5.26 Å². The van der Waals surface area contributed by atoms with Gasteiger partial charge in [0.15, 0.2) is 5.82 Å². The second-order valence-corrected chi connectivity index (χ2v) is 8.13. The Morgan fingerprint density at radius 1 is 1.27 bits per heavy atom. The van der Waals surface area contributed by atoms with E-state index in [0.717, 1.165) is 43.6 Å². The first kappa shape index (κ1) is 19.9. The monoisotopic (exact) mass is 419 g/mol. The molecular formula is C22H21N5O2S. The number of nitrogens with zero attached hydrogens (tertiary/aromatic N) is 5. The van der Waals surface area contributed by atoms with Gasteiger partial charge in [0.25, 0.3) is 5.56 Å². The first-order valence-electron chi connectivity index (χ1n) is 9.80. The third-order valence-electron chi connectivity index (χ3n) is 5.07. The average molecular weight is 420 g/mol. The molecule has 4 rings (SSSR count). The molecule has 0 saturated carbocycles. The molecule has 0 saturated heterocycles. The number of thiazole rings is 1. The fourth-order valence-corrected chi connectivity index (χ4v) is 4.69. The molecule has 1 aromatic carbocycles. The van der Waals surface area contributed by atoms with Crippen LogP contribution in [0.4, 0.5) is 0 Å². The molecule has 0 unspecified atom stereocenters. The lowest BCUT2D eigenvalue weighted by Gasteiger charge is -2.06. The van der Waals surface area contributed by atoms with E-state index in [4.69, 9.17) is 0 Å². The molecule has 2 aromatic heterocycles. The van der Waals surface area contributed by atoms with Crippen molar-refractivity contribution >= 4 is 23.0 Å². The van der Waals surface area contributed by atoms with Crippen LogP contribution in [0.15, 0.2) is 41.7 Å². The van der Waals surface area contributed by atoms with Gasteiger partial charge >= 0.3 is 0 Å². The van der Waals surface area contributed by atoms with Gasteiger partial charge in [-0.05, 0) is 36.6 Å². The van der Waals surface area contributed by atoms with Crippen LogP contribution in [-0.4, -0.2) is 24.4 Å². The van der Waals surface area contributed by atoms with Crippen LogP contribution in [0.25, 0.3) is 11.6 Å². The zero-order valence-corrected chi connectivity index (χ0v) is 17.2. The summed E-state index contributed by atoms with van der Waals surface area (Å²) in [7, 11) is 0. The number of rotatable bonds is 4. The van der Waals surface area contributed by atoms with Crippen LogP contribution < -0.4 is 14.8 Å². The van der Waals surface area contributed by atoms with E-state index in [1.54, 1.807) is 41.0 Å². The topological polar surface area (TPSA) is 96.7 Å². The van der Waals surface area contributed by atoms with Crippen molar-refractivity contribution < 1.29 is 5.11 Å². The van der Waals surface area contributed by atoms with Crippen molar-refractivity contribution in [2.24, 2.45) is 0 Å². The summed E-state index contributed by atoms with van der Waals surface area (Å²) in [5, 5.41) is 28.1. The highest BCUT2D eigenvalue weighted by Crippen LogP contribution is 2.18. The van der Waals surface area contributed by atoms with E-state index in [0.29, 0.717) is 27.1 Å². The Bertz CT molecular complexity index is 1310. The molecule has 0 amide bonds. The smallest absolute Gasteiger partial charge is 0.269 e. The summed E-state index contributed by atoms with van der Waals surface area (Å²) in [4.78, 5) is 13.1. The van der Waals surface area contributed by atoms with Crippen molar-refractivity contribution in [3.8, 4) is 11.8 Å². The number of phenolic OH excluding ortho intramolecular Hbond substituents is 1. The molecule has 8 heteroatoms. The predicted molar refractivity (Wildman–Crippen MR) is 115 cm³/mol. The molecule has 1 aliphatic rings. The molecule has 1 aliphatic heterocycles. The highest BCUT2D eigenvalue weighted by atomic mass is 32.1. The Hall–Kier alpha value is -3.44. The molecule has 3 heterocycles. The first-order chi connectivity index (χ1) is 14.6. The highest BCUT2D eigenvalue weighted by molar-refractivity contribution is 7.07. The number of benzene rings is 1. The first-order valence-corrected chi connectivity index (χ1v) is 10.6. The summed E-state index contributed by atoms with van der Waals surface area (Å²) >= 11 is 1.26. The SMILES string of the molecule is C=CCn1c(=O)/c(=C/c2ccc(O)cc2)s/c1=C(\C#N)c1nnc2n1CCCCC2. The van der Waals surface area contributed by atoms with Crippen LogP contribution >= 0.6 is 11.3 Å². The second kappa shape index (κ2) is 8.51. The van der Waals surface area contributed by atoms with Gasteiger partial charge < -0.3 is 9.67 Å². The number of nitriles is 1. The molecule has 30 heavy (non-hydrogen) atoms. The minimum Gasteiger partial charge on any atom is -0.508 e. The maximum absolute atomic E-state index is 13.1. The lowest BCUT2D eigenvalue weighted by molar-refractivity contribution is 0.475. The van der Waals surface area contributed by atoms with E-state index >= 15 is 0 Å². The highest BCUT2D eigenvalue weighted by Gasteiger charge is 2.20. The lowest BCUT2D eigenvalue weighted by atomic mass is 10.2. The van der Waals surface area contributed by atoms with Gasteiger partial charge in [-0.1, -0.05) is 24.6 Å². The van der Waals surface area contributed by atoms with Crippen molar-refractivity contribution in [3.05, 3.63) is 73.7 Å². The predicted octanol–water partition coefficient (Wildman–Crippen LogP) is 1.67. The number of aromatic nitrogens is 4. The Kier molecular flexibility index (Phi) is 5.63. The Balaban J connectivity index is 1.97. The Morgan fingerprint density at radius 3 is 2.80 bits per heavy atom. The van der Waals surface area contributed by atoms with Gasteiger partial charge in [0, 0.05) is 19.5 Å². The number of aromatic hydroxyl groups is 1. The molecule has 0 bridgehead atoms. The number of fused-ring (bicyclic) bond motifs is 1. The molecule has 0 fully saturated rings. The molecular weight excluding hydrogens is 398 g/mol. The van der Waals surface area contributed by atoms with Crippen molar-refractivity contribution in [3.63, 3.8) is 0 Å². The summed E-state index contributed by atoms with van der Waals surface area (Å²) in [5.74, 6) is 1.57. The third-order valence-corrected chi connectivity index (χ3v) is 6.20. The number of hydrogen-bond donors (Lipinski definition) is 1. The fourth-order valence-electron chi connectivity index (χ4n) is 3.59. The normalized spacial score (nSPS) is 15.2. The third kappa shape index (κ3) is 3.72. The lowest BCUT2D eigenvalue weighted by Crippen LogP contribution is -2.32. The molecule has 0 radical (unpaired) electrons. The van der Waals surface area contributed by atoms with E-state index in [1.807, 2.05) is 4.57 Å². The molecule has 0 spiro atoms. The van der Waals surface area contributed by atoms with Crippen LogP contribution in [0.3, 0.4) is 0 Å². The second-order valence-electron chi connectivity index (χ2n) is 7.10. The van der Waals surface area contributed by atoms with Gasteiger partial charge in [-0.3, -0.25) is 9.36 Å². The van der Waals surface area contributed by atoms with Crippen LogP contribution in [0, 0.1) is 11.3 Å². The molecule has 0 atom stereocenters. The molecule has 3 aromatic rings. The Labute approximate surface area is 177 Å². The molecule has 0 aliphatic carbocycles. The summed E-state index contributed by atoms with van der Waals surface area (Å²) in [6.07, 6.45) is 7.44. The summed E-state index contributed by atoms with van der Waals surface area (Å²) in [6.45, 7) is 4.82. The summed E-state index contributed by atoms with van der Waals surface area (Å²) in [5.41, 5.74) is 0.953. The van der Waals surface area contributed by atoms with Crippen LogP contribution in [-0.2, 0) is 19.5 Å². The van der Waals surface area contributed by atoms with E-state index < -0.39 is 0 Å². The van der Waals surface area contributed by atoms with Crippen LogP contribution in [0.2, 0.25) is 0 Å². The van der Waals surface area contributed by atoms with Gasteiger partial charge in [-0.2, -0.15) is 5.26 Å². The molecule has 7 nitrogen and oxygen atoms in total. The maximum atomic E-state index is 13.1. The van der Waals surface area contributed by atoms with Gasteiger partial charge in [0.1, 0.15) is 27.9 Å². The van der Waals surface area contributed by atoms with E-state index in [1.165, 1.54) is 11.3 Å². The minimum atomic E-state index is -0.189. The average Bonchev–Trinajstić information content (AvgIpc) is 3.17. The zero-order valence-electron chi connectivity index (χ0n) is 16.4. The van der Waals surface area contributed by atoms with Gasteiger partial charge in [-0.15, -0.1) is 28.1 Å². The number of phenols is 1. The number of hydrogen-bond acceptors (Lipinski definition) is 6. The largest absolute Gasteiger partial charge is 0.508 e. The van der Waals surface area contributed by atoms with E-state index in [9.17, 15) is 15.2 Å². The fraction of sp³-hybridized carbons (Fsp3) is 0.273. The zero-order chi connectivity index (χ0) is 21.1. The van der Waals surface area contributed by atoms with Crippen molar-refractivity contribution in [2.75, 3.05) is 0 Å². The van der Waals surface area contributed by atoms with Gasteiger partial charge in [-0.25, -0.2) is 0 Å². The van der Waals surface area contributed by atoms with Gasteiger partial charge in [0.05, 0.1) is 4.53 Å². The standard InChI is InChI=1S/C22H21N5O2S/c1-2-11-27-21(29)18(13-15-7-9-16(28)10-8-15)30-22(27)17(14-23)20-25-24-19-6-4-3-5-12-26(19)20/h2,7-10,13,28H,1,3-6,11-12H2/b18-13-,22-17+. The van der Waals surface area contributed by atoms with Crippen LogP contribution in [0.1, 0.15) is 36.5 Å². The van der Waals surface area contributed by atoms with Crippen molar-refractivity contribution in [2.45, 2.75) is 38.8 Å². The number of aryl methyl sites for hydroxylation is 1. The maximum Gasteiger partial charge on any atom is 0.269 e. The Morgan fingerprint density at radius 2 is 2.07 bits per heavy atom. The van der Waals surface area contributed by atoms with E-state index in [-0.39, 0.29) is 11.3 Å². The van der Waals surface area contributed by atoms with E-state index in [2.05, 4.69) is 22.8 Å². The minimum absolute atomic E-state index is 0.163. The molecule has 1 N–H and O–H groups in total. The molecule has 152 valence electrons. The van der Waals surface area contributed by atoms with Crippen LogP contribution in [0.5, 0.6) is 5.75 Å². The van der Waals surface area contributed by atoms with Gasteiger partial charge in [0.2, 0.25) is 0 Å². The summed E-state index contributed by atoms with van der Waals surface area (Å²) < 4.78 is 4.62. The number of allylic oxidation sites excluding steroid dienone is 1. The summed E-state index contributed by atoms with van der Waals surface area (Å²) in [6, 6.07) is 8.88. The quantitative estimate of drug-likeness (QED) is 0.649.